The number of aliphatic carboxylic acids is 1. The van der Waals surface area contributed by atoms with Crippen LogP contribution in [0.1, 0.15) is 6.42 Å². The Hall–Kier alpha value is -5.09. The standard InChI is InChI=1S/C26H24F4N6O7/c27-17-8-14(34-12-15(43-26(34)42)11-31-24(40)23(29)30)9-18(28)22(17)33-3-5-35-19-2-1-13(32-20(37)10-21(38)39)7-16(19)25(41)36(35)6-4-33/h1-2,7-9,15,23H,3-6,10-12H2,(H,31,40)(H,32,37)(H,38,39)/t15-/m0/s1. The number of halogens is 4. The number of rotatable bonds is 8. The number of carboxylic acids is 1. The molecule has 13 nitrogen and oxygen atoms in total. The fourth-order valence-corrected chi connectivity index (χ4v) is 5.10. The summed E-state index contributed by atoms with van der Waals surface area (Å²) in [6.45, 7) is -0.277. The predicted molar refractivity (Wildman–Crippen MR) is 142 cm³/mol. The van der Waals surface area contributed by atoms with Crippen molar-refractivity contribution in [3.63, 3.8) is 0 Å². The van der Waals surface area contributed by atoms with E-state index in [1.165, 1.54) is 21.7 Å². The van der Waals surface area contributed by atoms with Crippen molar-refractivity contribution in [3.8, 4) is 0 Å². The first-order valence-corrected chi connectivity index (χ1v) is 13.0. The second kappa shape index (κ2) is 11.7. The van der Waals surface area contributed by atoms with E-state index in [1.807, 2.05) is 5.32 Å². The number of carboxylic acid groups (broad SMARTS) is 1. The second-order valence-corrected chi connectivity index (χ2v) is 9.81. The predicted octanol–water partition coefficient (Wildman–Crippen LogP) is 1.72. The summed E-state index contributed by atoms with van der Waals surface area (Å²) in [6.07, 6.45) is -5.96. The molecule has 3 heterocycles. The van der Waals surface area contributed by atoms with Gasteiger partial charge in [0.1, 0.15) is 18.2 Å². The lowest BCUT2D eigenvalue weighted by molar-refractivity contribution is -0.139. The number of cyclic esters (lactones) is 1. The maximum Gasteiger partial charge on any atom is 0.414 e. The molecular weight excluding hydrogens is 584 g/mol. The Balaban J connectivity index is 1.30. The molecule has 3 amide bonds. The zero-order valence-electron chi connectivity index (χ0n) is 22.2. The smallest absolute Gasteiger partial charge is 0.414 e. The third kappa shape index (κ3) is 5.96. The summed E-state index contributed by atoms with van der Waals surface area (Å²) in [7, 11) is 0. The van der Waals surface area contributed by atoms with Crippen molar-refractivity contribution in [2.75, 3.05) is 41.3 Å². The van der Waals surface area contributed by atoms with Crippen LogP contribution in [-0.2, 0) is 32.2 Å². The minimum atomic E-state index is -3.25. The molecule has 43 heavy (non-hydrogen) atoms. The maximum atomic E-state index is 15.3. The van der Waals surface area contributed by atoms with Crippen molar-refractivity contribution < 1.29 is 46.6 Å². The Kier molecular flexibility index (Phi) is 7.97. The first-order valence-electron chi connectivity index (χ1n) is 13.0. The number of amides is 3. The van der Waals surface area contributed by atoms with Crippen LogP contribution in [-0.4, -0.2) is 77.1 Å². The van der Waals surface area contributed by atoms with Gasteiger partial charge in [0.05, 0.1) is 42.8 Å². The van der Waals surface area contributed by atoms with Crippen LogP contribution in [0.25, 0.3) is 10.9 Å². The number of anilines is 3. The summed E-state index contributed by atoms with van der Waals surface area (Å²) in [6, 6.07) is 6.40. The largest absolute Gasteiger partial charge is 0.481 e. The molecule has 0 unspecified atom stereocenters. The van der Waals surface area contributed by atoms with Crippen molar-refractivity contribution in [3.05, 3.63) is 52.3 Å². The summed E-state index contributed by atoms with van der Waals surface area (Å²) in [4.78, 5) is 61.4. The summed E-state index contributed by atoms with van der Waals surface area (Å²) in [5, 5.41) is 13.4. The lowest BCUT2D eigenvalue weighted by Crippen LogP contribution is -2.37. The molecule has 2 aromatic carbocycles. The highest BCUT2D eigenvalue weighted by Crippen LogP contribution is 2.32. The molecule has 0 aliphatic carbocycles. The van der Waals surface area contributed by atoms with E-state index in [0.717, 1.165) is 17.0 Å². The fraction of sp³-hybridized carbons (Fsp3) is 0.346. The van der Waals surface area contributed by atoms with E-state index in [-0.39, 0.29) is 55.2 Å². The van der Waals surface area contributed by atoms with Gasteiger partial charge in [0.15, 0.2) is 11.6 Å². The van der Waals surface area contributed by atoms with E-state index in [4.69, 9.17) is 9.84 Å². The molecule has 1 fully saturated rings. The SMILES string of the molecule is O=C(O)CC(=O)Nc1ccc2c(c1)c(=O)n1n2CCN(c2c(F)cc(N3C[C@H](CNC(=O)C(F)F)OC3=O)cc2F)CC1. The van der Waals surface area contributed by atoms with Gasteiger partial charge in [-0.15, -0.1) is 0 Å². The van der Waals surface area contributed by atoms with Crippen molar-refractivity contribution in [1.29, 1.82) is 0 Å². The molecule has 17 heteroatoms. The van der Waals surface area contributed by atoms with Crippen LogP contribution in [0.5, 0.6) is 0 Å². The van der Waals surface area contributed by atoms with Crippen LogP contribution in [0.4, 0.5) is 39.4 Å². The number of nitrogens with one attached hydrogen (secondary N) is 2. The van der Waals surface area contributed by atoms with Crippen LogP contribution in [0, 0.1) is 11.6 Å². The Morgan fingerprint density at radius 1 is 1.00 bits per heavy atom. The van der Waals surface area contributed by atoms with Gasteiger partial charge in [-0.1, -0.05) is 0 Å². The number of carbonyl (C=O) groups excluding carboxylic acids is 3. The van der Waals surface area contributed by atoms with E-state index in [0.29, 0.717) is 5.52 Å². The molecule has 3 N–H and O–H groups in total. The third-order valence-corrected chi connectivity index (χ3v) is 7.00. The number of fused-ring (bicyclic) bond motifs is 3. The molecule has 2 aliphatic heterocycles. The molecule has 1 atom stereocenters. The van der Waals surface area contributed by atoms with Gasteiger partial charge in [0.25, 0.3) is 11.5 Å². The van der Waals surface area contributed by atoms with Crippen molar-refractivity contribution >= 4 is 51.8 Å². The molecule has 0 radical (unpaired) electrons. The Morgan fingerprint density at radius 2 is 1.67 bits per heavy atom. The normalized spacial score (nSPS) is 16.7. The van der Waals surface area contributed by atoms with Crippen LogP contribution >= 0.6 is 0 Å². The Labute approximate surface area is 239 Å². The molecule has 1 aromatic heterocycles. The number of hydrogen-bond donors (Lipinski definition) is 3. The third-order valence-electron chi connectivity index (χ3n) is 7.00. The molecule has 1 saturated heterocycles. The van der Waals surface area contributed by atoms with E-state index in [2.05, 4.69) is 5.32 Å². The monoisotopic (exact) mass is 608 g/mol. The average molecular weight is 609 g/mol. The van der Waals surface area contributed by atoms with E-state index in [9.17, 15) is 32.8 Å². The highest BCUT2D eigenvalue weighted by Gasteiger charge is 2.34. The van der Waals surface area contributed by atoms with Gasteiger partial charge in [-0.05, 0) is 18.2 Å². The average Bonchev–Trinajstić information content (AvgIpc) is 3.33. The van der Waals surface area contributed by atoms with Gasteiger partial charge < -0.3 is 25.4 Å². The minimum Gasteiger partial charge on any atom is -0.481 e. The quantitative estimate of drug-likeness (QED) is 0.258. The zero-order chi connectivity index (χ0) is 31.0. The van der Waals surface area contributed by atoms with Crippen molar-refractivity contribution in [2.45, 2.75) is 32.0 Å². The Bertz CT molecular complexity index is 1670. The first kappa shape index (κ1) is 29.4. The van der Waals surface area contributed by atoms with E-state index in [1.54, 1.807) is 10.7 Å². The number of aromatic nitrogens is 2. The van der Waals surface area contributed by atoms with Crippen molar-refractivity contribution in [2.24, 2.45) is 0 Å². The number of nitrogens with zero attached hydrogens (tertiary/aromatic N) is 4. The fourth-order valence-electron chi connectivity index (χ4n) is 5.10. The molecule has 228 valence electrons. The maximum absolute atomic E-state index is 15.3. The minimum absolute atomic E-state index is 0.0449. The number of benzene rings is 2. The molecule has 0 bridgehead atoms. The molecule has 0 saturated carbocycles. The number of hydrogen-bond acceptors (Lipinski definition) is 7. The lowest BCUT2D eigenvalue weighted by Gasteiger charge is -2.24. The van der Waals surface area contributed by atoms with Crippen LogP contribution in [0.2, 0.25) is 0 Å². The topological polar surface area (TPSA) is 155 Å². The Morgan fingerprint density at radius 3 is 2.33 bits per heavy atom. The number of ether oxygens (including phenoxy) is 1. The van der Waals surface area contributed by atoms with Gasteiger partial charge in [-0.2, -0.15) is 8.78 Å². The van der Waals surface area contributed by atoms with Crippen LogP contribution < -0.4 is 26.0 Å². The van der Waals surface area contributed by atoms with Gasteiger partial charge in [0.2, 0.25) is 5.91 Å². The van der Waals surface area contributed by atoms with E-state index < -0.39 is 66.6 Å². The van der Waals surface area contributed by atoms with Crippen LogP contribution in [0.15, 0.2) is 35.1 Å². The van der Waals surface area contributed by atoms with Gasteiger partial charge in [-0.3, -0.25) is 28.8 Å². The van der Waals surface area contributed by atoms with Gasteiger partial charge in [0, 0.05) is 30.9 Å². The van der Waals surface area contributed by atoms with Crippen LogP contribution in [0.3, 0.4) is 0 Å². The highest BCUT2D eigenvalue weighted by molar-refractivity contribution is 6.02. The molecule has 5 rings (SSSR count). The zero-order valence-corrected chi connectivity index (χ0v) is 22.2. The van der Waals surface area contributed by atoms with Crippen molar-refractivity contribution in [1.82, 2.24) is 14.7 Å². The molecule has 0 spiro atoms. The summed E-state index contributed by atoms with van der Waals surface area (Å²) in [5.74, 6) is -5.56. The highest BCUT2D eigenvalue weighted by atomic mass is 19.3. The van der Waals surface area contributed by atoms with E-state index >= 15 is 8.78 Å². The molecular formula is C26H24F4N6O7. The molecule has 3 aromatic rings. The van der Waals surface area contributed by atoms with Gasteiger partial charge in [-0.25, -0.2) is 18.3 Å². The summed E-state index contributed by atoms with van der Waals surface area (Å²) < 4.78 is 63.5. The first-order chi connectivity index (χ1) is 20.4. The number of carbonyl (C=O) groups is 4. The van der Waals surface area contributed by atoms with Gasteiger partial charge >= 0.3 is 18.5 Å². The summed E-state index contributed by atoms with van der Waals surface area (Å²) in [5.41, 5.74) is -0.195. The number of alkyl halides is 2. The second-order valence-electron chi connectivity index (χ2n) is 9.81. The summed E-state index contributed by atoms with van der Waals surface area (Å²) >= 11 is 0. The lowest BCUT2D eigenvalue weighted by atomic mass is 10.2. The molecule has 2 aliphatic rings.